The largest absolute Gasteiger partial charge is 0.493 e. The van der Waals surface area contributed by atoms with E-state index in [2.05, 4.69) is 27.1 Å². The molecule has 2 fully saturated rings. The fourth-order valence-electron chi connectivity index (χ4n) is 6.48. The molecule has 0 aliphatic carbocycles. The van der Waals surface area contributed by atoms with Gasteiger partial charge in [-0.25, -0.2) is 4.39 Å². The Balaban J connectivity index is 1.07. The molecule has 6 rings (SSSR count). The number of nitrogens with zero attached hydrogens (tertiary/aromatic N) is 3. The number of oxime groups is 1. The molecule has 2 saturated heterocycles. The van der Waals surface area contributed by atoms with Gasteiger partial charge < -0.3 is 23.9 Å². The van der Waals surface area contributed by atoms with Crippen molar-refractivity contribution in [2.75, 3.05) is 39.4 Å². The maximum absolute atomic E-state index is 14.3. The molecule has 8 nitrogen and oxygen atoms in total. The Kier molecular flexibility index (Phi) is 8.99. The number of esters is 1. The van der Waals surface area contributed by atoms with Gasteiger partial charge in [0.1, 0.15) is 29.8 Å². The molecule has 45 heavy (non-hydrogen) atoms. The first-order valence-electron chi connectivity index (χ1n) is 15.9. The van der Waals surface area contributed by atoms with E-state index in [-0.39, 0.29) is 17.4 Å². The summed E-state index contributed by atoms with van der Waals surface area (Å²) in [5, 5.41) is 4.48. The number of hydrogen-bond acceptors (Lipinski definition) is 8. The van der Waals surface area contributed by atoms with Crippen molar-refractivity contribution < 1.29 is 28.2 Å². The van der Waals surface area contributed by atoms with Crippen LogP contribution >= 0.6 is 0 Å². The number of halogens is 1. The molecule has 0 N–H and O–H groups in total. The first-order chi connectivity index (χ1) is 21.8. The van der Waals surface area contributed by atoms with Gasteiger partial charge in [0.05, 0.1) is 25.0 Å². The average Bonchev–Trinajstić information content (AvgIpc) is 3.47. The lowest BCUT2D eigenvalue weighted by Crippen LogP contribution is -2.61. The first kappa shape index (κ1) is 30.9. The Bertz CT molecular complexity index is 1530. The first-order valence-corrected chi connectivity index (χ1v) is 15.9. The minimum Gasteiger partial charge on any atom is -0.493 e. The minimum absolute atomic E-state index is 0.101. The van der Waals surface area contributed by atoms with Crippen LogP contribution in [0.4, 0.5) is 4.39 Å². The van der Waals surface area contributed by atoms with E-state index in [0.717, 1.165) is 85.8 Å². The maximum Gasteiger partial charge on any atom is 0.311 e. The zero-order valence-corrected chi connectivity index (χ0v) is 26.4. The van der Waals surface area contributed by atoms with E-state index in [1.54, 1.807) is 6.07 Å². The summed E-state index contributed by atoms with van der Waals surface area (Å²) in [5.41, 5.74) is 3.06. The molecule has 9 heteroatoms. The Morgan fingerprint density at radius 1 is 0.911 bits per heavy atom. The lowest BCUT2D eigenvalue weighted by molar-refractivity contribution is -0.156. The molecule has 0 aromatic heterocycles. The van der Waals surface area contributed by atoms with Crippen LogP contribution in [0.5, 0.6) is 11.5 Å². The molecule has 0 saturated carbocycles. The van der Waals surface area contributed by atoms with Crippen molar-refractivity contribution in [3.05, 3.63) is 83.7 Å². The van der Waals surface area contributed by atoms with E-state index >= 15 is 0 Å². The van der Waals surface area contributed by atoms with Crippen molar-refractivity contribution in [2.45, 2.75) is 58.8 Å². The molecule has 238 valence electrons. The summed E-state index contributed by atoms with van der Waals surface area (Å²) in [6, 6.07) is 20.7. The molecule has 0 unspecified atom stereocenters. The molecule has 3 aliphatic heterocycles. The summed E-state index contributed by atoms with van der Waals surface area (Å²) in [5.74, 6) is 1.75. The Labute approximate surface area is 264 Å². The van der Waals surface area contributed by atoms with Crippen molar-refractivity contribution in [1.82, 2.24) is 9.80 Å². The summed E-state index contributed by atoms with van der Waals surface area (Å²) in [6.07, 6.45) is 2.28. The highest BCUT2D eigenvalue weighted by Gasteiger charge is 2.51. The molecular formula is C36H42FN3O5. The Hall–Kier alpha value is -4.11. The highest BCUT2D eigenvalue weighted by Crippen LogP contribution is 2.41. The van der Waals surface area contributed by atoms with Crippen LogP contribution in [-0.2, 0) is 27.5 Å². The zero-order chi connectivity index (χ0) is 31.4. The smallest absolute Gasteiger partial charge is 0.311 e. The van der Waals surface area contributed by atoms with E-state index in [9.17, 15) is 9.18 Å². The second kappa shape index (κ2) is 13.1. The third-order valence-electron chi connectivity index (χ3n) is 9.07. The minimum atomic E-state index is -0.430. The van der Waals surface area contributed by atoms with E-state index in [4.69, 9.17) is 19.0 Å². The van der Waals surface area contributed by atoms with Crippen LogP contribution in [0.3, 0.4) is 0 Å². The van der Waals surface area contributed by atoms with Gasteiger partial charge in [-0.15, -0.1) is 0 Å². The van der Waals surface area contributed by atoms with Crippen LogP contribution in [0.25, 0.3) is 11.1 Å². The molecule has 1 spiro atoms. The van der Waals surface area contributed by atoms with Crippen LogP contribution in [0, 0.1) is 11.2 Å². The number of benzene rings is 3. The van der Waals surface area contributed by atoms with E-state index in [1.807, 2.05) is 57.2 Å². The van der Waals surface area contributed by atoms with Gasteiger partial charge in [-0.3, -0.25) is 9.69 Å². The van der Waals surface area contributed by atoms with Crippen LogP contribution < -0.4 is 9.47 Å². The number of ether oxygens (including phenoxy) is 3. The van der Waals surface area contributed by atoms with Crippen LogP contribution in [0.2, 0.25) is 0 Å². The van der Waals surface area contributed by atoms with Gasteiger partial charge in [0.25, 0.3) is 0 Å². The summed E-state index contributed by atoms with van der Waals surface area (Å²) in [7, 11) is 0. The van der Waals surface area contributed by atoms with Crippen LogP contribution in [0.15, 0.2) is 71.9 Å². The maximum atomic E-state index is 14.3. The molecule has 0 radical (unpaired) electrons. The molecule has 0 bridgehead atoms. The summed E-state index contributed by atoms with van der Waals surface area (Å²) >= 11 is 0. The summed E-state index contributed by atoms with van der Waals surface area (Å²) in [6.45, 7) is 10.9. The molecule has 3 aromatic rings. The quantitative estimate of drug-likeness (QED) is 0.244. The number of piperidine rings is 1. The normalized spacial score (nSPS) is 18.6. The van der Waals surface area contributed by atoms with Gasteiger partial charge in [0, 0.05) is 49.9 Å². The molecule has 3 aliphatic rings. The SMILES string of the molecule is CCOC(=O)C1(C)CCN(C2=NOC3(C2)CN(Cc2ccc(-c4ccc(F)cc4OCc4ccccc4)c(OCC)c2)C3)CC1. The highest BCUT2D eigenvalue weighted by molar-refractivity contribution is 5.85. The highest BCUT2D eigenvalue weighted by atomic mass is 19.1. The Morgan fingerprint density at radius 2 is 1.62 bits per heavy atom. The lowest BCUT2D eigenvalue weighted by Gasteiger charge is -2.45. The van der Waals surface area contributed by atoms with Crippen molar-refractivity contribution in [3.63, 3.8) is 0 Å². The van der Waals surface area contributed by atoms with Crippen molar-refractivity contribution in [3.8, 4) is 22.6 Å². The monoisotopic (exact) mass is 615 g/mol. The van der Waals surface area contributed by atoms with Crippen molar-refractivity contribution in [2.24, 2.45) is 10.6 Å². The Morgan fingerprint density at radius 3 is 2.33 bits per heavy atom. The number of carbonyl (C=O) groups excluding carboxylic acids is 1. The average molecular weight is 616 g/mol. The van der Waals surface area contributed by atoms with Crippen LogP contribution in [0.1, 0.15) is 51.2 Å². The van der Waals surface area contributed by atoms with Crippen molar-refractivity contribution >= 4 is 11.8 Å². The van der Waals surface area contributed by atoms with Gasteiger partial charge in [-0.2, -0.15) is 0 Å². The third kappa shape index (κ3) is 6.78. The molecule has 0 atom stereocenters. The zero-order valence-electron chi connectivity index (χ0n) is 26.4. The standard InChI is InChI=1S/C36H42FN3O5/c1-4-42-31-19-27(11-13-29(31)30-14-12-28(37)20-32(30)44-23-26-9-7-6-8-10-26)22-39-24-36(25-39)21-33(38-45-36)40-17-15-35(3,16-18-40)34(41)43-5-2/h6-14,19-20H,4-5,15-18,21-25H2,1-3H3. The molecule has 0 amide bonds. The van der Waals surface area contributed by atoms with Crippen LogP contribution in [-0.4, -0.2) is 66.6 Å². The van der Waals surface area contributed by atoms with Gasteiger partial charge >= 0.3 is 5.97 Å². The predicted octanol–water partition coefficient (Wildman–Crippen LogP) is 6.42. The van der Waals surface area contributed by atoms with Gasteiger partial charge in [0.2, 0.25) is 0 Å². The van der Waals surface area contributed by atoms with Gasteiger partial charge in [-0.05, 0) is 62.9 Å². The molecular weight excluding hydrogens is 573 g/mol. The van der Waals surface area contributed by atoms with E-state index < -0.39 is 5.41 Å². The van der Waals surface area contributed by atoms with Gasteiger partial charge in [0.15, 0.2) is 5.60 Å². The number of likely N-dealkylation sites (tertiary alicyclic amines) is 2. The molecule has 3 heterocycles. The second-order valence-corrected chi connectivity index (χ2v) is 12.6. The number of rotatable bonds is 10. The lowest BCUT2D eigenvalue weighted by atomic mass is 9.80. The summed E-state index contributed by atoms with van der Waals surface area (Å²) in [4.78, 5) is 23.0. The van der Waals surface area contributed by atoms with E-state index in [0.29, 0.717) is 25.6 Å². The topological polar surface area (TPSA) is 72.8 Å². The number of carbonyl (C=O) groups is 1. The van der Waals surface area contributed by atoms with Crippen molar-refractivity contribution in [1.29, 1.82) is 0 Å². The second-order valence-electron chi connectivity index (χ2n) is 12.6. The fourth-order valence-corrected chi connectivity index (χ4v) is 6.48. The van der Waals surface area contributed by atoms with Gasteiger partial charge in [-0.1, -0.05) is 47.6 Å². The third-order valence-corrected chi connectivity index (χ3v) is 9.07. The number of amidine groups is 1. The molecule has 3 aromatic carbocycles. The van der Waals surface area contributed by atoms with E-state index in [1.165, 1.54) is 12.1 Å². The number of hydrogen-bond donors (Lipinski definition) is 0. The fraction of sp³-hybridized carbons (Fsp3) is 0.444. The summed E-state index contributed by atoms with van der Waals surface area (Å²) < 4.78 is 31.8. The predicted molar refractivity (Wildman–Crippen MR) is 170 cm³/mol.